The Balaban J connectivity index is 1.74. The Kier molecular flexibility index (Phi) is 5.69. The van der Waals surface area contributed by atoms with Crippen molar-refractivity contribution in [1.29, 1.82) is 0 Å². The summed E-state index contributed by atoms with van der Waals surface area (Å²) >= 11 is 1.69. The van der Waals surface area contributed by atoms with Gasteiger partial charge in [-0.15, -0.1) is 11.3 Å². The first-order chi connectivity index (χ1) is 12.5. The molecule has 2 aromatic carbocycles. The molecule has 3 aromatic rings. The van der Waals surface area contributed by atoms with E-state index in [9.17, 15) is 4.79 Å². The number of benzene rings is 2. The lowest BCUT2D eigenvalue weighted by Crippen LogP contribution is -2.43. The van der Waals surface area contributed by atoms with Gasteiger partial charge in [-0.1, -0.05) is 30.3 Å². The van der Waals surface area contributed by atoms with E-state index in [1.54, 1.807) is 11.3 Å². The van der Waals surface area contributed by atoms with Gasteiger partial charge in [0, 0.05) is 11.7 Å². The van der Waals surface area contributed by atoms with E-state index in [0.29, 0.717) is 6.54 Å². The minimum Gasteiger partial charge on any atom is -0.309 e. The van der Waals surface area contributed by atoms with E-state index >= 15 is 0 Å². The van der Waals surface area contributed by atoms with Crippen LogP contribution in [0.2, 0.25) is 0 Å². The number of para-hydroxylation sites is 2. The molecule has 3 rings (SSSR count). The van der Waals surface area contributed by atoms with Gasteiger partial charge in [-0.05, 0) is 52.1 Å². The molecule has 0 fully saturated rings. The average Bonchev–Trinajstić information content (AvgIpc) is 3.05. The Morgan fingerprint density at radius 3 is 2.35 bits per heavy atom. The van der Waals surface area contributed by atoms with Crippen LogP contribution in [0.25, 0.3) is 10.2 Å². The molecule has 0 aliphatic rings. The molecule has 1 heterocycles. The summed E-state index contributed by atoms with van der Waals surface area (Å²) in [5.74, 6) is 0.0988. The quantitative estimate of drug-likeness (QED) is 0.632. The van der Waals surface area contributed by atoms with Crippen molar-refractivity contribution >= 4 is 33.1 Å². The second-order valence-corrected chi connectivity index (χ2v) is 7.87. The molecule has 4 nitrogen and oxygen atoms in total. The molecule has 0 aliphatic heterocycles. The summed E-state index contributed by atoms with van der Waals surface area (Å²) in [4.78, 5) is 21.6. The number of carbonyl (C=O) groups is 1. The number of aromatic nitrogens is 1. The highest BCUT2D eigenvalue weighted by atomic mass is 32.1. The zero-order valence-corrected chi connectivity index (χ0v) is 16.5. The fraction of sp³-hybridized carbons (Fsp3) is 0.333. The van der Waals surface area contributed by atoms with Gasteiger partial charge in [0.1, 0.15) is 5.01 Å². The fourth-order valence-electron chi connectivity index (χ4n) is 3.00. The Labute approximate surface area is 159 Å². The van der Waals surface area contributed by atoms with Gasteiger partial charge in [0.15, 0.2) is 0 Å². The summed E-state index contributed by atoms with van der Waals surface area (Å²) in [6, 6.07) is 18.2. The van der Waals surface area contributed by atoms with Crippen LogP contribution in [0.3, 0.4) is 0 Å². The van der Waals surface area contributed by atoms with Crippen LogP contribution in [0.5, 0.6) is 0 Å². The van der Waals surface area contributed by atoms with Crippen LogP contribution in [-0.2, 0) is 4.79 Å². The molecule has 0 radical (unpaired) electrons. The lowest BCUT2D eigenvalue weighted by molar-refractivity contribution is -0.120. The highest BCUT2D eigenvalue weighted by Crippen LogP contribution is 2.29. The lowest BCUT2D eigenvalue weighted by atomic mass is 10.2. The van der Waals surface area contributed by atoms with Crippen molar-refractivity contribution in [3.8, 4) is 0 Å². The van der Waals surface area contributed by atoms with Crippen LogP contribution in [0, 0.1) is 0 Å². The first kappa shape index (κ1) is 18.5. The van der Waals surface area contributed by atoms with Gasteiger partial charge in [0.2, 0.25) is 5.91 Å². The maximum atomic E-state index is 13.0. The van der Waals surface area contributed by atoms with Crippen molar-refractivity contribution in [3.05, 3.63) is 59.6 Å². The van der Waals surface area contributed by atoms with Gasteiger partial charge in [0.05, 0.1) is 22.8 Å². The number of likely N-dealkylation sites (N-methyl/N-ethyl adjacent to an activating group) is 1. The summed E-state index contributed by atoms with van der Waals surface area (Å²) in [5, 5.41) is 1.04. The Morgan fingerprint density at radius 2 is 1.69 bits per heavy atom. The topological polar surface area (TPSA) is 36.4 Å². The smallest absolute Gasteiger partial charge is 0.241 e. The molecular formula is C21H25N3OS. The fourth-order valence-corrected chi connectivity index (χ4v) is 4.09. The molecule has 0 saturated heterocycles. The van der Waals surface area contributed by atoms with Gasteiger partial charge >= 0.3 is 0 Å². The van der Waals surface area contributed by atoms with E-state index in [2.05, 4.69) is 17.9 Å². The molecule has 5 heteroatoms. The number of thiazole rings is 1. The molecule has 0 aliphatic carbocycles. The zero-order chi connectivity index (χ0) is 18.7. The van der Waals surface area contributed by atoms with Crippen molar-refractivity contribution in [2.45, 2.75) is 32.9 Å². The standard InChI is InChI=1S/C21H25N3OS/c1-15(2)24(17-10-6-5-7-11-17)20(25)14-23(4)16(3)21-22-18-12-8-9-13-19(18)26-21/h5-13,15-16H,14H2,1-4H3/t16-/m0/s1. The molecule has 0 N–H and O–H groups in total. The molecule has 1 amide bonds. The minimum absolute atomic E-state index is 0.0844. The highest BCUT2D eigenvalue weighted by Gasteiger charge is 2.24. The van der Waals surface area contributed by atoms with Gasteiger partial charge in [-0.3, -0.25) is 9.69 Å². The zero-order valence-electron chi connectivity index (χ0n) is 15.7. The van der Waals surface area contributed by atoms with E-state index in [1.807, 2.05) is 74.3 Å². The van der Waals surface area contributed by atoms with E-state index in [1.165, 1.54) is 4.70 Å². The van der Waals surface area contributed by atoms with Crippen molar-refractivity contribution in [3.63, 3.8) is 0 Å². The molecule has 26 heavy (non-hydrogen) atoms. The van der Waals surface area contributed by atoms with Crippen LogP contribution >= 0.6 is 11.3 Å². The number of carbonyl (C=O) groups excluding carboxylic acids is 1. The second-order valence-electron chi connectivity index (χ2n) is 6.80. The minimum atomic E-state index is 0.0844. The van der Waals surface area contributed by atoms with E-state index < -0.39 is 0 Å². The third kappa shape index (κ3) is 3.94. The third-order valence-corrected chi connectivity index (χ3v) is 5.74. The van der Waals surface area contributed by atoms with Gasteiger partial charge in [-0.2, -0.15) is 0 Å². The summed E-state index contributed by atoms with van der Waals surface area (Å²) in [6.07, 6.45) is 0. The van der Waals surface area contributed by atoms with Crippen LogP contribution in [0.15, 0.2) is 54.6 Å². The van der Waals surface area contributed by atoms with E-state index in [4.69, 9.17) is 4.98 Å². The normalized spacial score (nSPS) is 12.7. The number of amides is 1. The lowest BCUT2D eigenvalue weighted by Gasteiger charge is -2.30. The van der Waals surface area contributed by atoms with Gasteiger partial charge in [0.25, 0.3) is 0 Å². The molecule has 0 unspecified atom stereocenters. The molecule has 1 atom stereocenters. The van der Waals surface area contributed by atoms with E-state index in [0.717, 1.165) is 16.2 Å². The maximum Gasteiger partial charge on any atom is 0.241 e. The van der Waals surface area contributed by atoms with Crippen LogP contribution in [0.1, 0.15) is 31.8 Å². The Hall–Kier alpha value is -2.24. The third-order valence-electron chi connectivity index (χ3n) is 4.53. The summed E-state index contributed by atoms with van der Waals surface area (Å²) < 4.78 is 1.18. The van der Waals surface area contributed by atoms with Crippen LogP contribution in [0.4, 0.5) is 5.69 Å². The summed E-state index contributed by atoms with van der Waals surface area (Å²) in [5.41, 5.74) is 1.96. The second kappa shape index (κ2) is 7.98. The van der Waals surface area contributed by atoms with Gasteiger partial charge < -0.3 is 4.90 Å². The van der Waals surface area contributed by atoms with Crippen molar-refractivity contribution < 1.29 is 4.79 Å². The number of rotatable bonds is 6. The number of fused-ring (bicyclic) bond motifs is 1. The monoisotopic (exact) mass is 367 g/mol. The first-order valence-electron chi connectivity index (χ1n) is 8.90. The number of nitrogens with zero attached hydrogens (tertiary/aromatic N) is 3. The number of hydrogen-bond donors (Lipinski definition) is 0. The molecule has 0 spiro atoms. The van der Waals surface area contributed by atoms with Crippen molar-refractivity contribution in [1.82, 2.24) is 9.88 Å². The van der Waals surface area contributed by atoms with Crippen molar-refractivity contribution in [2.75, 3.05) is 18.5 Å². The molecule has 0 saturated carbocycles. The van der Waals surface area contributed by atoms with Crippen molar-refractivity contribution in [2.24, 2.45) is 0 Å². The predicted octanol–water partition coefficient (Wildman–Crippen LogP) is 4.73. The van der Waals surface area contributed by atoms with Gasteiger partial charge in [-0.25, -0.2) is 4.98 Å². The molecule has 1 aromatic heterocycles. The highest BCUT2D eigenvalue weighted by molar-refractivity contribution is 7.18. The maximum absolute atomic E-state index is 13.0. The SMILES string of the molecule is CC(C)N(C(=O)CN(C)[C@@H](C)c1nc2ccccc2s1)c1ccccc1. The number of hydrogen-bond acceptors (Lipinski definition) is 4. The predicted molar refractivity (Wildman–Crippen MR) is 110 cm³/mol. The number of anilines is 1. The summed E-state index contributed by atoms with van der Waals surface area (Å²) in [7, 11) is 1.98. The van der Waals surface area contributed by atoms with Crippen LogP contribution in [-0.4, -0.2) is 35.4 Å². The molecular weight excluding hydrogens is 342 g/mol. The average molecular weight is 368 g/mol. The van der Waals surface area contributed by atoms with E-state index in [-0.39, 0.29) is 18.0 Å². The Morgan fingerprint density at radius 1 is 1.04 bits per heavy atom. The van der Waals surface area contributed by atoms with Crippen LogP contribution < -0.4 is 4.90 Å². The summed E-state index contributed by atoms with van der Waals surface area (Å²) in [6.45, 7) is 6.54. The Bertz CT molecular complexity index is 842. The first-order valence-corrected chi connectivity index (χ1v) is 9.72. The molecule has 136 valence electrons. The molecule has 0 bridgehead atoms. The largest absolute Gasteiger partial charge is 0.309 e.